The summed E-state index contributed by atoms with van der Waals surface area (Å²) in [5.74, 6) is 1.24. The van der Waals surface area contributed by atoms with Crippen LogP contribution in [0.5, 0.6) is 0 Å². The summed E-state index contributed by atoms with van der Waals surface area (Å²) in [7, 11) is 0. The topological polar surface area (TPSA) is 0 Å². The van der Waals surface area contributed by atoms with Gasteiger partial charge in [0.2, 0.25) is 0 Å². The van der Waals surface area contributed by atoms with E-state index in [0.29, 0.717) is 4.75 Å². The Balaban J connectivity index is 3.43. The molecule has 0 aromatic carbocycles. The first-order valence-corrected chi connectivity index (χ1v) is 4.75. The van der Waals surface area contributed by atoms with Crippen LogP contribution in [0.15, 0.2) is 0 Å². The third-order valence-electron chi connectivity index (χ3n) is 1.39. The van der Waals surface area contributed by atoms with E-state index in [2.05, 4.69) is 39.5 Å². The Hall–Kier alpha value is 0.350. The summed E-state index contributed by atoms with van der Waals surface area (Å²) in [6.45, 7) is 9.12. The minimum absolute atomic E-state index is 0.517. The van der Waals surface area contributed by atoms with Crippen LogP contribution in [0.1, 0.15) is 40.5 Å². The molecule has 56 valence electrons. The largest absolute Gasteiger partial charge is 0.156 e. The van der Waals surface area contributed by atoms with Gasteiger partial charge in [0.15, 0.2) is 0 Å². The van der Waals surface area contributed by atoms with Crippen LogP contribution in [0, 0.1) is 0 Å². The van der Waals surface area contributed by atoms with E-state index in [1.54, 1.807) is 0 Å². The molecule has 0 amide bonds. The van der Waals surface area contributed by atoms with Gasteiger partial charge in [0.05, 0.1) is 0 Å². The molecule has 0 spiro atoms. The Morgan fingerprint density at radius 1 is 1.22 bits per heavy atom. The summed E-state index contributed by atoms with van der Waals surface area (Å²) in [6.07, 6.45) is 2.64. The Labute approximate surface area is 63.4 Å². The fourth-order valence-corrected chi connectivity index (χ4v) is 2.19. The second-order valence-electron chi connectivity index (χ2n) is 2.94. The maximum Gasteiger partial charge on any atom is 0.0103 e. The van der Waals surface area contributed by atoms with Crippen molar-refractivity contribution in [3.63, 3.8) is 0 Å². The Kier molecular flexibility index (Phi) is 4.37. The van der Waals surface area contributed by atoms with Crippen molar-refractivity contribution in [3.05, 3.63) is 0 Å². The van der Waals surface area contributed by atoms with Crippen molar-refractivity contribution in [1.82, 2.24) is 0 Å². The highest BCUT2D eigenvalue weighted by atomic mass is 32.2. The molecule has 0 unspecified atom stereocenters. The molecule has 0 aromatic heterocycles. The molecule has 0 heterocycles. The number of hydrogen-bond acceptors (Lipinski definition) is 1. The van der Waals surface area contributed by atoms with Crippen LogP contribution >= 0.6 is 11.8 Å². The first kappa shape index (κ1) is 9.35. The van der Waals surface area contributed by atoms with Crippen molar-refractivity contribution in [2.24, 2.45) is 0 Å². The average molecular weight is 146 g/mol. The van der Waals surface area contributed by atoms with Gasteiger partial charge in [-0.3, -0.25) is 0 Å². The SMILES string of the molecule is CCCC(C)(C)SCC. The molecule has 0 bridgehead atoms. The van der Waals surface area contributed by atoms with Gasteiger partial charge in [-0.1, -0.05) is 34.1 Å². The summed E-state index contributed by atoms with van der Waals surface area (Å²) >= 11 is 2.06. The van der Waals surface area contributed by atoms with E-state index in [1.165, 1.54) is 18.6 Å². The molecule has 0 aliphatic rings. The molecule has 1 heteroatoms. The van der Waals surface area contributed by atoms with Crippen molar-refractivity contribution in [2.45, 2.75) is 45.3 Å². The van der Waals surface area contributed by atoms with E-state index in [9.17, 15) is 0 Å². The van der Waals surface area contributed by atoms with E-state index in [-0.39, 0.29) is 0 Å². The van der Waals surface area contributed by atoms with Gasteiger partial charge in [0, 0.05) is 4.75 Å². The van der Waals surface area contributed by atoms with Crippen molar-refractivity contribution in [3.8, 4) is 0 Å². The van der Waals surface area contributed by atoms with Gasteiger partial charge in [-0.05, 0) is 12.2 Å². The summed E-state index contributed by atoms with van der Waals surface area (Å²) in [5.41, 5.74) is 0. The average Bonchev–Trinajstić information content (AvgIpc) is 1.64. The highest BCUT2D eigenvalue weighted by Gasteiger charge is 2.14. The molecule has 0 fully saturated rings. The van der Waals surface area contributed by atoms with E-state index in [4.69, 9.17) is 0 Å². The number of thioether (sulfide) groups is 1. The van der Waals surface area contributed by atoms with E-state index >= 15 is 0 Å². The molecule has 0 saturated heterocycles. The van der Waals surface area contributed by atoms with Crippen molar-refractivity contribution >= 4 is 11.8 Å². The van der Waals surface area contributed by atoms with Crippen molar-refractivity contribution in [2.75, 3.05) is 5.75 Å². The second-order valence-corrected chi connectivity index (χ2v) is 4.91. The highest BCUT2D eigenvalue weighted by Crippen LogP contribution is 2.28. The molecular formula is C8H18S. The lowest BCUT2D eigenvalue weighted by atomic mass is 10.1. The Bertz CT molecular complexity index is 59.0. The third-order valence-corrected chi connectivity index (χ3v) is 2.66. The zero-order valence-electron chi connectivity index (χ0n) is 7.03. The van der Waals surface area contributed by atoms with Crippen LogP contribution in [-0.4, -0.2) is 10.5 Å². The van der Waals surface area contributed by atoms with E-state index < -0.39 is 0 Å². The standard InChI is InChI=1S/C8H18S/c1-5-7-8(3,4)9-6-2/h5-7H2,1-4H3. The van der Waals surface area contributed by atoms with Gasteiger partial charge in [-0.15, -0.1) is 0 Å². The van der Waals surface area contributed by atoms with Gasteiger partial charge in [0.25, 0.3) is 0 Å². The fraction of sp³-hybridized carbons (Fsp3) is 1.00. The molecule has 0 rings (SSSR count). The molecule has 0 nitrogen and oxygen atoms in total. The van der Waals surface area contributed by atoms with Gasteiger partial charge in [0.1, 0.15) is 0 Å². The molecular weight excluding hydrogens is 128 g/mol. The molecule has 9 heavy (non-hydrogen) atoms. The first-order valence-electron chi connectivity index (χ1n) is 3.76. The zero-order chi connectivity index (χ0) is 7.33. The number of hydrogen-bond donors (Lipinski definition) is 0. The van der Waals surface area contributed by atoms with Crippen LogP contribution in [0.25, 0.3) is 0 Å². The molecule has 0 saturated carbocycles. The highest BCUT2D eigenvalue weighted by molar-refractivity contribution is 8.00. The zero-order valence-corrected chi connectivity index (χ0v) is 7.85. The minimum atomic E-state index is 0.517. The summed E-state index contributed by atoms with van der Waals surface area (Å²) in [6, 6.07) is 0. The maximum absolute atomic E-state index is 2.32. The molecule has 0 aliphatic carbocycles. The lowest BCUT2D eigenvalue weighted by Crippen LogP contribution is -2.13. The fourth-order valence-electron chi connectivity index (χ4n) is 1.06. The van der Waals surface area contributed by atoms with Crippen LogP contribution in [0.2, 0.25) is 0 Å². The van der Waals surface area contributed by atoms with Crippen LogP contribution in [-0.2, 0) is 0 Å². The van der Waals surface area contributed by atoms with Crippen molar-refractivity contribution in [1.29, 1.82) is 0 Å². The molecule has 0 atom stereocenters. The van der Waals surface area contributed by atoms with Crippen molar-refractivity contribution < 1.29 is 0 Å². The van der Waals surface area contributed by atoms with Gasteiger partial charge < -0.3 is 0 Å². The molecule has 0 radical (unpaired) electrons. The lowest BCUT2D eigenvalue weighted by molar-refractivity contribution is 0.627. The molecule has 0 aromatic rings. The number of rotatable bonds is 4. The molecule has 0 aliphatic heterocycles. The Morgan fingerprint density at radius 3 is 2.11 bits per heavy atom. The van der Waals surface area contributed by atoms with Crippen LogP contribution < -0.4 is 0 Å². The minimum Gasteiger partial charge on any atom is -0.156 e. The summed E-state index contributed by atoms with van der Waals surface area (Å²) in [5, 5.41) is 0. The van der Waals surface area contributed by atoms with Gasteiger partial charge in [-0.2, -0.15) is 11.8 Å². The van der Waals surface area contributed by atoms with Gasteiger partial charge in [-0.25, -0.2) is 0 Å². The predicted molar refractivity (Wildman–Crippen MR) is 47.1 cm³/mol. The van der Waals surface area contributed by atoms with Crippen LogP contribution in [0.4, 0.5) is 0 Å². The normalized spacial score (nSPS) is 12.0. The first-order chi connectivity index (χ1) is 4.12. The van der Waals surface area contributed by atoms with Crippen LogP contribution in [0.3, 0.4) is 0 Å². The Morgan fingerprint density at radius 2 is 1.78 bits per heavy atom. The second kappa shape index (κ2) is 4.21. The molecule has 0 N–H and O–H groups in total. The smallest absolute Gasteiger partial charge is 0.0103 e. The monoisotopic (exact) mass is 146 g/mol. The summed E-state index contributed by atoms with van der Waals surface area (Å²) in [4.78, 5) is 0. The lowest BCUT2D eigenvalue weighted by Gasteiger charge is -2.21. The van der Waals surface area contributed by atoms with E-state index in [0.717, 1.165) is 0 Å². The van der Waals surface area contributed by atoms with E-state index in [1.807, 2.05) is 0 Å². The predicted octanol–water partition coefficient (Wildman–Crippen LogP) is 3.32. The maximum atomic E-state index is 2.32. The third kappa shape index (κ3) is 4.83. The van der Waals surface area contributed by atoms with Gasteiger partial charge >= 0.3 is 0 Å². The quantitative estimate of drug-likeness (QED) is 0.586. The summed E-state index contributed by atoms with van der Waals surface area (Å²) < 4.78 is 0.517.